The van der Waals surface area contributed by atoms with Gasteiger partial charge in [-0.2, -0.15) is 0 Å². The van der Waals surface area contributed by atoms with Crippen LogP contribution in [0.1, 0.15) is 69.9 Å². The topological polar surface area (TPSA) is 121 Å². The third-order valence-electron chi connectivity index (χ3n) is 4.22. The lowest BCUT2D eigenvalue weighted by Gasteiger charge is -2.13. The van der Waals surface area contributed by atoms with Crippen molar-refractivity contribution in [3.8, 4) is 0 Å². The molecule has 0 fully saturated rings. The minimum Gasteiger partial charge on any atom is -0.480 e. The molecule has 0 aliphatic heterocycles. The van der Waals surface area contributed by atoms with Crippen molar-refractivity contribution in [3.63, 3.8) is 0 Å². The molecule has 1 atom stereocenters. The van der Waals surface area contributed by atoms with Gasteiger partial charge >= 0.3 is 5.97 Å². The van der Waals surface area contributed by atoms with E-state index in [1.54, 1.807) is 6.20 Å². The van der Waals surface area contributed by atoms with E-state index in [9.17, 15) is 14.7 Å². The van der Waals surface area contributed by atoms with E-state index >= 15 is 0 Å². The molecule has 5 N–H and O–H groups in total. The summed E-state index contributed by atoms with van der Waals surface area (Å²) < 4.78 is 0. The number of aromatic amines is 1. The molecule has 1 aromatic rings. The number of carboxylic acid groups (broad SMARTS) is 1. The van der Waals surface area contributed by atoms with Crippen molar-refractivity contribution in [2.75, 3.05) is 6.54 Å². The lowest BCUT2D eigenvalue weighted by atomic mass is 10.1. The molecule has 1 heterocycles. The highest BCUT2D eigenvalue weighted by atomic mass is 16.4. The number of unbranched alkanes of at least 4 members (excludes halogenated alkanes) is 8. The molecule has 1 unspecified atom stereocenters. The predicted octanol–water partition coefficient (Wildman–Crippen LogP) is 2.38. The summed E-state index contributed by atoms with van der Waals surface area (Å²) in [7, 11) is 0. The van der Waals surface area contributed by atoms with E-state index in [1.807, 2.05) is 0 Å². The maximum absolute atomic E-state index is 11.9. The number of aromatic nitrogens is 2. The van der Waals surface area contributed by atoms with Crippen molar-refractivity contribution in [2.45, 2.75) is 76.7 Å². The number of rotatable bonds is 15. The fraction of sp³-hybridized carbons (Fsp3) is 0.722. The number of carboxylic acids is 1. The molecule has 0 spiro atoms. The minimum absolute atomic E-state index is 0.200. The maximum Gasteiger partial charge on any atom is 0.326 e. The first-order valence-electron chi connectivity index (χ1n) is 9.33. The number of aliphatic carboxylic acids is 1. The Hall–Kier alpha value is -1.89. The highest BCUT2D eigenvalue weighted by Gasteiger charge is 2.20. The second-order valence-electron chi connectivity index (χ2n) is 6.46. The molecule has 7 heteroatoms. The molecule has 0 aliphatic rings. The van der Waals surface area contributed by atoms with Crippen LogP contribution in [0.25, 0.3) is 0 Å². The first-order chi connectivity index (χ1) is 12.1. The summed E-state index contributed by atoms with van der Waals surface area (Å²) >= 11 is 0. The second kappa shape index (κ2) is 13.4. The van der Waals surface area contributed by atoms with Gasteiger partial charge in [-0.05, 0) is 19.4 Å². The Kier molecular flexibility index (Phi) is 11.3. The molecule has 0 aliphatic carbocycles. The maximum atomic E-state index is 11.9. The summed E-state index contributed by atoms with van der Waals surface area (Å²) in [6.45, 7) is 0.784. The molecule has 0 saturated heterocycles. The van der Waals surface area contributed by atoms with E-state index in [1.165, 1.54) is 38.4 Å². The van der Waals surface area contributed by atoms with Crippen molar-refractivity contribution in [3.05, 3.63) is 18.2 Å². The Morgan fingerprint density at radius 1 is 1.08 bits per heavy atom. The Labute approximate surface area is 149 Å². The molecular formula is C18H32N4O3. The van der Waals surface area contributed by atoms with Crippen LogP contribution in [0.3, 0.4) is 0 Å². The predicted molar refractivity (Wildman–Crippen MR) is 97.1 cm³/mol. The average Bonchev–Trinajstić information content (AvgIpc) is 3.09. The Morgan fingerprint density at radius 3 is 2.20 bits per heavy atom. The van der Waals surface area contributed by atoms with E-state index in [-0.39, 0.29) is 12.3 Å². The van der Waals surface area contributed by atoms with Gasteiger partial charge in [-0.15, -0.1) is 0 Å². The van der Waals surface area contributed by atoms with Crippen molar-refractivity contribution in [1.29, 1.82) is 0 Å². The fourth-order valence-electron chi connectivity index (χ4n) is 2.75. The third kappa shape index (κ3) is 10.6. The van der Waals surface area contributed by atoms with Crippen LogP contribution >= 0.6 is 0 Å². The van der Waals surface area contributed by atoms with Crippen molar-refractivity contribution in [2.24, 2.45) is 5.73 Å². The zero-order valence-corrected chi connectivity index (χ0v) is 15.0. The first kappa shape index (κ1) is 21.2. The van der Waals surface area contributed by atoms with Gasteiger partial charge in [0.1, 0.15) is 6.04 Å². The van der Waals surface area contributed by atoms with Gasteiger partial charge in [-0.1, -0.05) is 44.9 Å². The lowest BCUT2D eigenvalue weighted by Crippen LogP contribution is -2.42. The van der Waals surface area contributed by atoms with Crippen LogP contribution in [-0.4, -0.2) is 39.5 Å². The SMILES string of the molecule is NCCCCCCCCCCCC(=O)NC(Cc1cnc[nH]1)C(=O)O. The van der Waals surface area contributed by atoms with Crippen LogP contribution in [0.15, 0.2) is 12.5 Å². The Balaban J connectivity index is 2.06. The van der Waals surface area contributed by atoms with Crippen LogP contribution in [-0.2, 0) is 16.0 Å². The highest BCUT2D eigenvalue weighted by molar-refractivity contribution is 5.83. The van der Waals surface area contributed by atoms with Crippen LogP contribution in [0.4, 0.5) is 0 Å². The van der Waals surface area contributed by atoms with Gasteiger partial charge in [-0.25, -0.2) is 9.78 Å². The van der Waals surface area contributed by atoms with Crippen LogP contribution in [0.2, 0.25) is 0 Å². The fourth-order valence-corrected chi connectivity index (χ4v) is 2.75. The molecule has 1 rings (SSSR count). The van der Waals surface area contributed by atoms with Crippen LogP contribution in [0, 0.1) is 0 Å². The summed E-state index contributed by atoms with van der Waals surface area (Å²) in [4.78, 5) is 29.9. The van der Waals surface area contributed by atoms with Crippen molar-refractivity contribution >= 4 is 11.9 Å². The van der Waals surface area contributed by atoms with Crippen LogP contribution < -0.4 is 11.1 Å². The lowest BCUT2D eigenvalue weighted by molar-refractivity contribution is -0.141. The Morgan fingerprint density at radius 2 is 1.68 bits per heavy atom. The summed E-state index contributed by atoms with van der Waals surface area (Å²) in [5.41, 5.74) is 6.15. The molecule has 1 aromatic heterocycles. The van der Waals surface area contributed by atoms with E-state index in [0.717, 1.165) is 32.2 Å². The minimum atomic E-state index is -1.03. The van der Waals surface area contributed by atoms with E-state index in [0.29, 0.717) is 12.1 Å². The molecule has 25 heavy (non-hydrogen) atoms. The quantitative estimate of drug-likeness (QED) is 0.361. The van der Waals surface area contributed by atoms with Gasteiger partial charge in [0.05, 0.1) is 6.33 Å². The third-order valence-corrected chi connectivity index (χ3v) is 4.22. The molecule has 0 saturated carbocycles. The molecule has 142 valence electrons. The molecular weight excluding hydrogens is 320 g/mol. The zero-order chi connectivity index (χ0) is 18.3. The zero-order valence-electron chi connectivity index (χ0n) is 15.0. The summed E-state index contributed by atoms with van der Waals surface area (Å²) in [5, 5.41) is 11.8. The number of carbonyl (C=O) groups is 2. The van der Waals surface area contributed by atoms with Crippen LogP contribution in [0.5, 0.6) is 0 Å². The Bertz CT molecular complexity index is 477. The largest absolute Gasteiger partial charge is 0.480 e. The number of nitrogens with one attached hydrogen (secondary N) is 2. The first-order valence-corrected chi connectivity index (χ1v) is 9.33. The standard InChI is InChI=1S/C18H32N4O3/c19-11-9-7-5-3-1-2-4-6-8-10-17(23)22-16(18(24)25)12-15-13-20-14-21-15/h13-14,16H,1-12,19H2,(H,20,21)(H,22,23)(H,24,25). The highest BCUT2D eigenvalue weighted by Crippen LogP contribution is 2.10. The smallest absolute Gasteiger partial charge is 0.326 e. The summed E-state index contributed by atoms with van der Waals surface area (Å²) in [6, 6.07) is -0.915. The number of hydrogen-bond acceptors (Lipinski definition) is 4. The molecule has 0 bridgehead atoms. The van der Waals surface area contributed by atoms with Gasteiger partial charge in [-0.3, -0.25) is 4.79 Å². The number of hydrogen-bond donors (Lipinski definition) is 4. The van der Waals surface area contributed by atoms with Gasteiger partial charge in [0, 0.05) is 24.7 Å². The van der Waals surface area contributed by atoms with E-state index in [4.69, 9.17) is 5.73 Å². The number of H-pyrrole nitrogens is 1. The molecule has 7 nitrogen and oxygen atoms in total. The molecule has 1 amide bonds. The van der Waals surface area contributed by atoms with E-state index < -0.39 is 12.0 Å². The number of imidazole rings is 1. The normalized spacial score (nSPS) is 12.0. The second-order valence-corrected chi connectivity index (χ2v) is 6.46. The summed E-state index contributed by atoms with van der Waals surface area (Å²) in [5.74, 6) is -1.23. The average molecular weight is 352 g/mol. The van der Waals surface area contributed by atoms with Gasteiger partial charge in [0.2, 0.25) is 5.91 Å². The van der Waals surface area contributed by atoms with Gasteiger partial charge < -0.3 is 21.1 Å². The number of nitrogens with zero attached hydrogens (tertiary/aromatic N) is 1. The number of carbonyl (C=O) groups excluding carboxylic acids is 1. The van der Waals surface area contributed by atoms with Gasteiger partial charge in [0.15, 0.2) is 0 Å². The number of amides is 1. The van der Waals surface area contributed by atoms with Crippen molar-refractivity contribution < 1.29 is 14.7 Å². The summed E-state index contributed by atoms with van der Waals surface area (Å²) in [6.07, 6.45) is 13.9. The molecule has 0 aromatic carbocycles. The van der Waals surface area contributed by atoms with E-state index in [2.05, 4.69) is 15.3 Å². The van der Waals surface area contributed by atoms with Gasteiger partial charge in [0.25, 0.3) is 0 Å². The monoisotopic (exact) mass is 352 g/mol. The number of nitrogens with two attached hydrogens (primary N) is 1. The van der Waals surface area contributed by atoms with Crippen molar-refractivity contribution in [1.82, 2.24) is 15.3 Å². The molecule has 0 radical (unpaired) electrons.